The van der Waals surface area contributed by atoms with Crippen molar-refractivity contribution < 1.29 is 0 Å². The lowest BCUT2D eigenvalue weighted by atomic mass is 9.80. The van der Waals surface area contributed by atoms with Gasteiger partial charge in [0.25, 0.3) is 5.56 Å². The summed E-state index contributed by atoms with van der Waals surface area (Å²) in [6, 6.07) is 0. The molecule has 1 heterocycles. The van der Waals surface area contributed by atoms with E-state index in [0.29, 0.717) is 10.4 Å². The summed E-state index contributed by atoms with van der Waals surface area (Å²) in [5.74, 6) is 2.21. The number of halogens is 1. The first-order valence-electron chi connectivity index (χ1n) is 6.94. The van der Waals surface area contributed by atoms with Crippen molar-refractivity contribution >= 4 is 15.9 Å². The maximum Gasteiger partial charge on any atom is 0.265 e. The molecule has 1 fully saturated rings. The third-order valence-electron chi connectivity index (χ3n) is 4.10. The smallest absolute Gasteiger partial charge is 0.265 e. The maximum absolute atomic E-state index is 11.8. The Bertz CT molecular complexity index is 461. The van der Waals surface area contributed by atoms with Gasteiger partial charge in [0.2, 0.25) is 0 Å². The predicted octanol–water partition coefficient (Wildman–Crippen LogP) is 3.78. The summed E-state index contributed by atoms with van der Waals surface area (Å²) in [5, 5.41) is 0. The van der Waals surface area contributed by atoms with Crippen molar-refractivity contribution in [1.82, 2.24) is 9.97 Å². The molecule has 1 aliphatic carbocycles. The summed E-state index contributed by atoms with van der Waals surface area (Å²) in [5.41, 5.74) is 0.848. The van der Waals surface area contributed by atoms with Crippen LogP contribution in [0.3, 0.4) is 0 Å². The normalized spacial score (nSPS) is 24.2. The Labute approximate surface area is 117 Å². The molecule has 18 heavy (non-hydrogen) atoms. The molecule has 0 atom stereocenters. The van der Waals surface area contributed by atoms with Gasteiger partial charge < -0.3 is 4.98 Å². The fraction of sp³-hybridized carbons (Fsp3) is 0.714. The predicted molar refractivity (Wildman–Crippen MR) is 76.9 cm³/mol. The van der Waals surface area contributed by atoms with Crippen LogP contribution in [-0.4, -0.2) is 9.97 Å². The zero-order valence-electron chi connectivity index (χ0n) is 11.1. The lowest BCUT2D eigenvalue weighted by Gasteiger charge is -2.27. The number of nitrogens with one attached hydrogen (secondary N) is 1. The number of rotatable bonds is 3. The van der Waals surface area contributed by atoms with Gasteiger partial charge in [-0.1, -0.05) is 20.3 Å². The molecule has 0 aliphatic heterocycles. The fourth-order valence-corrected chi connectivity index (χ4v) is 3.26. The summed E-state index contributed by atoms with van der Waals surface area (Å²) in [6.45, 7) is 4.30. The Morgan fingerprint density at radius 1 is 1.28 bits per heavy atom. The molecule has 1 N–H and O–H groups in total. The van der Waals surface area contributed by atoms with Crippen molar-refractivity contribution in [1.29, 1.82) is 0 Å². The molecule has 2 rings (SSSR count). The van der Waals surface area contributed by atoms with E-state index in [4.69, 9.17) is 0 Å². The standard InChI is InChI=1S/C14H21BrN2O/c1-3-9-5-7-10(8-6-9)13-16-11(4-2)12(15)14(18)17-13/h9-10H,3-8H2,1-2H3,(H,16,17,18). The van der Waals surface area contributed by atoms with Crippen LogP contribution in [0.15, 0.2) is 9.27 Å². The zero-order chi connectivity index (χ0) is 13.1. The van der Waals surface area contributed by atoms with E-state index in [9.17, 15) is 4.79 Å². The molecule has 0 bridgehead atoms. The summed E-state index contributed by atoms with van der Waals surface area (Å²) in [6.07, 6.45) is 6.92. The third kappa shape index (κ3) is 2.85. The van der Waals surface area contributed by atoms with Gasteiger partial charge in [-0.2, -0.15) is 0 Å². The molecule has 1 saturated carbocycles. The molecule has 0 spiro atoms. The van der Waals surface area contributed by atoms with Gasteiger partial charge >= 0.3 is 0 Å². The van der Waals surface area contributed by atoms with E-state index in [1.54, 1.807) is 0 Å². The topological polar surface area (TPSA) is 45.8 Å². The van der Waals surface area contributed by atoms with Gasteiger partial charge in [-0.3, -0.25) is 4.79 Å². The van der Waals surface area contributed by atoms with Crippen LogP contribution in [0.4, 0.5) is 0 Å². The maximum atomic E-state index is 11.8. The molecule has 1 aromatic rings. The second kappa shape index (κ2) is 6.00. The second-order valence-corrected chi connectivity index (χ2v) is 5.98. The highest BCUT2D eigenvalue weighted by molar-refractivity contribution is 9.10. The van der Waals surface area contributed by atoms with Crippen molar-refractivity contribution in [3.05, 3.63) is 26.3 Å². The SMILES string of the molecule is CCc1nc(C2CCC(CC)CC2)[nH]c(=O)c1Br. The number of aromatic nitrogens is 2. The molecule has 0 saturated heterocycles. The average molecular weight is 313 g/mol. The van der Waals surface area contributed by atoms with Crippen LogP contribution in [-0.2, 0) is 6.42 Å². The minimum Gasteiger partial charge on any atom is -0.309 e. The Balaban J connectivity index is 2.19. The molecular weight excluding hydrogens is 292 g/mol. The van der Waals surface area contributed by atoms with Gasteiger partial charge in [0, 0.05) is 5.92 Å². The molecule has 100 valence electrons. The lowest BCUT2D eigenvalue weighted by Crippen LogP contribution is -2.21. The number of hydrogen-bond acceptors (Lipinski definition) is 2. The summed E-state index contributed by atoms with van der Waals surface area (Å²) in [4.78, 5) is 19.4. The third-order valence-corrected chi connectivity index (χ3v) is 4.91. The largest absolute Gasteiger partial charge is 0.309 e. The van der Waals surface area contributed by atoms with Gasteiger partial charge in [-0.05, 0) is 54.0 Å². The first-order valence-corrected chi connectivity index (χ1v) is 7.73. The van der Waals surface area contributed by atoms with Crippen molar-refractivity contribution in [3.8, 4) is 0 Å². The van der Waals surface area contributed by atoms with Gasteiger partial charge in [-0.15, -0.1) is 0 Å². The van der Waals surface area contributed by atoms with Crippen LogP contribution in [0.5, 0.6) is 0 Å². The number of aromatic amines is 1. The Hall–Kier alpha value is -0.640. The van der Waals surface area contributed by atoms with Crippen molar-refractivity contribution in [2.75, 3.05) is 0 Å². The number of H-pyrrole nitrogens is 1. The van der Waals surface area contributed by atoms with Crippen LogP contribution in [0, 0.1) is 5.92 Å². The van der Waals surface area contributed by atoms with Crippen LogP contribution in [0.1, 0.15) is 63.4 Å². The highest BCUT2D eigenvalue weighted by Gasteiger charge is 2.23. The lowest BCUT2D eigenvalue weighted by molar-refractivity contribution is 0.311. The van der Waals surface area contributed by atoms with E-state index in [1.807, 2.05) is 6.92 Å². The molecule has 1 aromatic heterocycles. The van der Waals surface area contributed by atoms with Crippen molar-refractivity contribution in [3.63, 3.8) is 0 Å². The molecule has 0 amide bonds. The van der Waals surface area contributed by atoms with E-state index in [-0.39, 0.29) is 5.56 Å². The highest BCUT2D eigenvalue weighted by atomic mass is 79.9. The van der Waals surface area contributed by atoms with Gasteiger partial charge in [0.05, 0.1) is 5.69 Å². The van der Waals surface area contributed by atoms with Crippen LogP contribution < -0.4 is 5.56 Å². The zero-order valence-corrected chi connectivity index (χ0v) is 12.7. The summed E-state index contributed by atoms with van der Waals surface area (Å²) in [7, 11) is 0. The van der Waals surface area contributed by atoms with Crippen LogP contribution in [0.25, 0.3) is 0 Å². The first-order chi connectivity index (χ1) is 8.65. The minimum absolute atomic E-state index is 0.0329. The van der Waals surface area contributed by atoms with Crippen LogP contribution >= 0.6 is 15.9 Å². The number of hydrogen-bond donors (Lipinski definition) is 1. The first kappa shape index (κ1) is 13.8. The van der Waals surface area contributed by atoms with Crippen molar-refractivity contribution in [2.24, 2.45) is 5.92 Å². The van der Waals surface area contributed by atoms with Gasteiger partial charge in [-0.25, -0.2) is 4.98 Å². The molecule has 1 aliphatic rings. The minimum atomic E-state index is -0.0329. The Morgan fingerprint density at radius 2 is 1.94 bits per heavy atom. The molecule has 0 unspecified atom stereocenters. The van der Waals surface area contributed by atoms with Gasteiger partial charge in [0.1, 0.15) is 10.3 Å². The van der Waals surface area contributed by atoms with Crippen molar-refractivity contribution in [2.45, 2.75) is 58.3 Å². The van der Waals surface area contributed by atoms with E-state index >= 15 is 0 Å². The molecular formula is C14H21BrN2O. The van der Waals surface area contributed by atoms with E-state index in [2.05, 4.69) is 32.8 Å². The fourth-order valence-electron chi connectivity index (χ4n) is 2.80. The molecule has 3 nitrogen and oxygen atoms in total. The molecule has 0 aromatic carbocycles. The number of nitrogens with zero attached hydrogens (tertiary/aromatic N) is 1. The monoisotopic (exact) mass is 312 g/mol. The second-order valence-electron chi connectivity index (χ2n) is 5.19. The van der Waals surface area contributed by atoms with E-state index in [1.165, 1.54) is 19.3 Å². The average Bonchev–Trinajstić information content (AvgIpc) is 2.42. The Morgan fingerprint density at radius 3 is 2.50 bits per heavy atom. The van der Waals surface area contributed by atoms with Crippen LogP contribution in [0.2, 0.25) is 0 Å². The molecule has 4 heteroatoms. The quantitative estimate of drug-likeness (QED) is 0.923. The highest BCUT2D eigenvalue weighted by Crippen LogP contribution is 2.35. The molecule has 0 radical (unpaired) electrons. The Kier molecular flexibility index (Phi) is 4.60. The van der Waals surface area contributed by atoms with E-state index < -0.39 is 0 Å². The summed E-state index contributed by atoms with van der Waals surface area (Å²) < 4.78 is 0.594. The number of aryl methyl sites for hydroxylation is 1. The van der Waals surface area contributed by atoms with Gasteiger partial charge in [0.15, 0.2) is 0 Å². The van der Waals surface area contributed by atoms with E-state index in [0.717, 1.165) is 36.7 Å². The summed E-state index contributed by atoms with van der Waals surface area (Å²) >= 11 is 3.31.